The minimum atomic E-state index is -4.47. The molecule has 0 amide bonds. The molecule has 3 nitrogen and oxygen atoms in total. The molecule has 0 unspecified atom stereocenters. The predicted octanol–water partition coefficient (Wildman–Crippen LogP) is 3.01. The Morgan fingerprint density at radius 1 is 1.21 bits per heavy atom. The number of alkyl halides is 3. The Labute approximate surface area is 107 Å². The normalized spacial score (nSPS) is 10.9. The van der Waals surface area contributed by atoms with Crippen LogP contribution in [0.4, 0.5) is 13.2 Å². The van der Waals surface area contributed by atoms with Crippen LogP contribution in [0.25, 0.3) is 0 Å². The lowest BCUT2D eigenvalue weighted by Crippen LogP contribution is -2.15. The van der Waals surface area contributed by atoms with Gasteiger partial charge in [-0.3, -0.25) is 4.79 Å². The Balaban J connectivity index is 2.90. The molecule has 0 aliphatic heterocycles. The summed E-state index contributed by atoms with van der Waals surface area (Å²) in [5, 5.41) is 0. The fourth-order valence-electron chi connectivity index (χ4n) is 1.30. The van der Waals surface area contributed by atoms with E-state index in [-0.39, 0.29) is 12.2 Å². The number of carbonyl (C=O) groups excluding carboxylic acids is 2. The molecule has 0 aliphatic rings. The first-order valence-corrected chi connectivity index (χ1v) is 5.35. The molecule has 102 valence electrons. The van der Waals surface area contributed by atoms with Gasteiger partial charge in [0.2, 0.25) is 0 Å². The van der Waals surface area contributed by atoms with Crippen molar-refractivity contribution in [1.82, 2.24) is 0 Å². The molecule has 0 aliphatic carbocycles. The van der Waals surface area contributed by atoms with E-state index in [4.69, 9.17) is 0 Å². The first-order valence-electron chi connectivity index (χ1n) is 5.35. The highest BCUT2D eigenvalue weighted by molar-refractivity contribution is 6.23. The van der Waals surface area contributed by atoms with Crippen molar-refractivity contribution in [3.8, 4) is 0 Å². The number of ether oxygens (including phenoxy) is 1. The topological polar surface area (TPSA) is 43.4 Å². The van der Waals surface area contributed by atoms with E-state index in [0.29, 0.717) is 0 Å². The van der Waals surface area contributed by atoms with E-state index in [2.05, 4.69) is 11.3 Å². The predicted molar refractivity (Wildman–Crippen MR) is 61.5 cm³/mol. The second-order valence-corrected chi connectivity index (χ2v) is 3.60. The SMILES string of the molecule is C=C(C(=O)OCC)C(=O)c1ccc(C(F)(F)F)cc1. The summed E-state index contributed by atoms with van der Waals surface area (Å²) in [4.78, 5) is 23.0. The molecule has 1 aromatic rings. The zero-order valence-corrected chi connectivity index (χ0v) is 10.1. The third-order valence-corrected chi connectivity index (χ3v) is 2.27. The molecule has 0 spiro atoms. The van der Waals surface area contributed by atoms with Gasteiger partial charge >= 0.3 is 12.1 Å². The second-order valence-electron chi connectivity index (χ2n) is 3.60. The molecule has 0 heterocycles. The molecule has 0 fully saturated rings. The van der Waals surface area contributed by atoms with Gasteiger partial charge in [-0.05, 0) is 19.1 Å². The lowest BCUT2D eigenvalue weighted by atomic mass is 10.0. The quantitative estimate of drug-likeness (QED) is 0.278. The number of hydrogen-bond acceptors (Lipinski definition) is 3. The summed E-state index contributed by atoms with van der Waals surface area (Å²) in [6, 6.07) is 3.53. The number of ketones is 1. The number of halogens is 3. The Morgan fingerprint density at radius 3 is 2.16 bits per heavy atom. The molecule has 0 saturated carbocycles. The lowest BCUT2D eigenvalue weighted by molar-refractivity contribution is -0.138. The Bertz CT molecular complexity index is 501. The number of hydrogen-bond donors (Lipinski definition) is 0. The van der Waals surface area contributed by atoms with Gasteiger partial charge in [0, 0.05) is 5.56 Å². The van der Waals surface area contributed by atoms with Crippen LogP contribution in [0.3, 0.4) is 0 Å². The van der Waals surface area contributed by atoms with Crippen LogP contribution in [-0.4, -0.2) is 18.4 Å². The minimum absolute atomic E-state index is 0.0500. The van der Waals surface area contributed by atoms with Gasteiger partial charge in [0.1, 0.15) is 5.57 Å². The molecule has 0 radical (unpaired) electrons. The summed E-state index contributed by atoms with van der Waals surface area (Å²) in [5.74, 6) is -1.64. The molecule has 0 saturated heterocycles. The van der Waals surface area contributed by atoms with Crippen LogP contribution < -0.4 is 0 Å². The highest BCUT2D eigenvalue weighted by Crippen LogP contribution is 2.29. The zero-order chi connectivity index (χ0) is 14.6. The van der Waals surface area contributed by atoms with Crippen molar-refractivity contribution < 1.29 is 27.5 Å². The minimum Gasteiger partial charge on any atom is -0.462 e. The van der Waals surface area contributed by atoms with E-state index in [1.165, 1.54) is 0 Å². The van der Waals surface area contributed by atoms with Gasteiger partial charge in [0.05, 0.1) is 12.2 Å². The summed E-state index contributed by atoms with van der Waals surface area (Å²) < 4.78 is 41.6. The summed E-state index contributed by atoms with van der Waals surface area (Å²) in [7, 11) is 0. The molecule has 6 heteroatoms. The molecule has 1 rings (SSSR count). The highest BCUT2D eigenvalue weighted by Gasteiger charge is 2.30. The van der Waals surface area contributed by atoms with Crippen molar-refractivity contribution in [2.24, 2.45) is 0 Å². The van der Waals surface area contributed by atoms with Gasteiger partial charge in [-0.15, -0.1) is 0 Å². The number of rotatable bonds is 4. The molecular weight excluding hydrogens is 261 g/mol. The van der Waals surface area contributed by atoms with Crippen molar-refractivity contribution in [2.45, 2.75) is 13.1 Å². The fraction of sp³-hybridized carbons (Fsp3) is 0.231. The Kier molecular flexibility index (Phi) is 4.47. The number of benzene rings is 1. The molecule has 0 bridgehead atoms. The van der Waals surface area contributed by atoms with Crippen LogP contribution in [0, 0.1) is 0 Å². The smallest absolute Gasteiger partial charge is 0.416 e. The van der Waals surface area contributed by atoms with Crippen LogP contribution in [-0.2, 0) is 15.7 Å². The Morgan fingerprint density at radius 2 is 1.74 bits per heavy atom. The lowest BCUT2D eigenvalue weighted by Gasteiger charge is -2.08. The van der Waals surface area contributed by atoms with Crippen molar-refractivity contribution in [1.29, 1.82) is 0 Å². The van der Waals surface area contributed by atoms with Gasteiger partial charge in [-0.25, -0.2) is 4.79 Å². The van der Waals surface area contributed by atoms with E-state index in [1.807, 2.05) is 0 Å². The van der Waals surface area contributed by atoms with Crippen LogP contribution in [0.5, 0.6) is 0 Å². The maximum absolute atomic E-state index is 12.3. The molecule has 0 N–H and O–H groups in total. The maximum atomic E-state index is 12.3. The van der Waals surface area contributed by atoms with Crippen LogP contribution in [0.1, 0.15) is 22.8 Å². The van der Waals surface area contributed by atoms with Crippen LogP contribution in [0.2, 0.25) is 0 Å². The number of carbonyl (C=O) groups is 2. The maximum Gasteiger partial charge on any atom is 0.416 e. The van der Waals surface area contributed by atoms with Crippen LogP contribution >= 0.6 is 0 Å². The largest absolute Gasteiger partial charge is 0.462 e. The molecule has 0 atom stereocenters. The Hall–Kier alpha value is -2.11. The first-order chi connectivity index (χ1) is 8.77. The second kappa shape index (κ2) is 5.69. The number of esters is 1. The summed E-state index contributed by atoms with van der Waals surface area (Å²) >= 11 is 0. The van der Waals surface area contributed by atoms with E-state index < -0.39 is 29.1 Å². The van der Waals surface area contributed by atoms with Crippen molar-refractivity contribution in [3.63, 3.8) is 0 Å². The third-order valence-electron chi connectivity index (χ3n) is 2.27. The molecule has 19 heavy (non-hydrogen) atoms. The van der Waals surface area contributed by atoms with Gasteiger partial charge < -0.3 is 4.74 Å². The van der Waals surface area contributed by atoms with Crippen molar-refractivity contribution >= 4 is 11.8 Å². The highest BCUT2D eigenvalue weighted by atomic mass is 19.4. The van der Waals surface area contributed by atoms with Crippen molar-refractivity contribution in [3.05, 3.63) is 47.5 Å². The molecular formula is C13H11F3O3. The number of Topliss-reactive ketones (excluding diaryl/α,β-unsaturated/α-hetero) is 1. The average Bonchev–Trinajstić information content (AvgIpc) is 2.36. The summed E-state index contributed by atoms with van der Waals surface area (Å²) in [6.07, 6.45) is -4.47. The third kappa shape index (κ3) is 3.67. The van der Waals surface area contributed by atoms with Crippen LogP contribution in [0.15, 0.2) is 36.4 Å². The zero-order valence-electron chi connectivity index (χ0n) is 10.1. The van der Waals surface area contributed by atoms with E-state index >= 15 is 0 Å². The molecule has 1 aromatic carbocycles. The van der Waals surface area contributed by atoms with Gasteiger partial charge in [0.25, 0.3) is 0 Å². The van der Waals surface area contributed by atoms with E-state index in [9.17, 15) is 22.8 Å². The average molecular weight is 272 g/mol. The van der Waals surface area contributed by atoms with Gasteiger partial charge in [-0.1, -0.05) is 18.7 Å². The molecule has 0 aromatic heterocycles. The summed E-state index contributed by atoms with van der Waals surface area (Å²) in [6.45, 7) is 4.92. The van der Waals surface area contributed by atoms with Gasteiger partial charge in [0.15, 0.2) is 5.78 Å². The standard InChI is InChI=1S/C13H11F3O3/c1-3-19-12(18)8(2)11(17)9-4-6-10(7-5-9)13(14,15)16/h4-7H,2-3H2,1H3. The monoisotopic (exact) mass is 272 g/mol. The van der Waals surface area contributed by atoms with Gasteiger partial charge in [-0.2, -0.15) is 13.2 Å². The van der Waals surface area contributed by atoms with Crippen molar-refractivity contribution in [2.75, 3.05) is 6.61 Å². The van der Waals surface area contributed by atoms with E-state index in [1.54, 1.807) is 6.92 Å². The first kappa shape index (κ1) is 14.9. The summed E-state index contributed by atoms with van der Waals surface area (Å²) in [5.41, 5.74) is -1.33. The van der Waals surface area contributed by atoms with E-state index in [0.717, 1.165) is 24.3 Å². The fourth-order valence-corrected chi connectivity index (χ4v) is 1.30.